The lowest BCUT2D eigenvalue weighted by molar-refractivity contribution is 0.170. The zero-order valence-corrected chi connectivity index (χ0v) is 23.3. The highest BCUT2D eigenvalue weighted by molar-refractivity contribution is 9.10. The standard InChI is InChI=1S/C30H32Br2N2/c1-33-17-23(21-15-19(31)9-11-24(21)33)28-29-26(22-16-20(32)10-12-25(22)34(29)2)27(18-7-3-4-8-18)30(28)13-5-6-14-30/h9-12,15-18,27-28H,3-8,13-14H2,1-2H3/t27-,28-/m0/s1. The van der Waals surface area contributed by atoms with Crippen LogP contribution in [0.5, 0.6) is 0 Å². The van der Waals surface area contributed by atoms with E-state index in [1.807, 2.05) is 0 Å². The Labute approximate surface area is 219 Å². The van der Waals surface area contributed by atoms with Gasteiger partial charge in [0.25, 0.3) is 0 Å². The first kappa shape index (κ1) is 21.7. The van der Waals surface area contributed by atoms with Crippen molar-refractivity contribution in [2.45, 2.75) is 63.2 Å². The quantitative estimate of drug-likeness (QED) is 0.224. The molecule has 176 valence electrons. The zero-order valence-electron chi connectivity index (χ0n) is 20.1. The third kappa shape index (κ3) is 2.85. The van der Waals surface area contributed by atoms with Crippen LogP contribution in [0.1, 0.15) is 80.0 Å². The van der Waals surface area contributed by atoms with Gasteiger partial charge < -0.3 is 9.13 Å². The minimum atomic E-state index is 0.352. The van der Waals surface area contributed by atoms with Crippen LogP contribution < -0.4 is 0 Å². The lowest BCUT2D eigenvalue weighted by Crippen LogP contribution is -2.31. The van der Waals surface area contributed by atoms with E-state index in [4.69, 9.17) is 0 Å². The molecule has 2 aromatic carbocycles. The SMILES string of the molecule is Cn1cc([C@H]2c3c(c4cc(Br)ccc4n3C)[C@H](C3CCCC3)C23CCCC3)c2cc(Br)ccc21. The van der Waals surface area contributed by atoms with E-state index in [0.717, 1.165) is 5.92 Å². The molecule has 3 aliphatic rings. The molecule has 0 unspecified atom stereocenters. The van der Waals surface area contributed by atoms with Gasteiger partial charge in [-0.25, -0.2) is 0 Å². The maximum Gasteiger partial charge on any atom is 0.0483 e. The van der Waals surface area contributed by atoms with Gasteiger partial charge in [0.2, 0.25) is 0 Å². The van der Waals surface area contributed by atoms with Crippen molar-refractivity contribution in [2.75, 3.05) is 0 Å². The summed E-state index contributed by atoms with van der Waals surface area (Å²) in [6.07, 6.45) is 13.6. The van der Waals surface area contributed by atoms with Gasteiger partial charge in [-0.05, 0) is 90.5 Å². The fourth-order valence-electron chi connectivity index (χ4n) is 8.59. The first-order chi connectivity index (χ1) is 16.5. The van der Waals surface area contributed by atoms with Crippen molar-refractivity contribution in [3.63, 3.8) is 0 Å². The van der Waals surface area contributed by atoms with E-state index in [1.165, 1.54) is 82.1 Å². The summed E-state index contributed by atoms with van der Waals surface area (Å²) in [5, 5.41) is 2.93. The molecule has 0 radical (unpaired) electrons. The molecule has 4 heteroatoms. The number of halogens is 2. The van der Waals surface area contributed by atoms with Gasteiger partial charge in [0.15, 0.2) is 0 Å². The largest absolute Gasteiger partial charge is 0.350 e. The van der Waals surface area contributed by atoms with E-state index in [-0.39, 0.29) is 0 Å². The van der Waals surface area contributed by atoms with Crippen LogP contribution in [0.3, 0.4) is 0 Å². The summed E-state index contributed by atoms with van der Waals surface area (Å²) < 4.78 is 7.32. The topological polar surface area (TPSA) is 9.86 Å². The Morgan fingerprint density at radius 1 is 0.824 bits per heavy atom. The molecule has 0 saturated heterocycles. The van der Waals surface area contributed by atoms with E-state index in [0.29, 0.717) is 17.3 Å². The van der Waals surface area contributed by atoms with Gasteiger partial charge in [-0.2, -0.15) is 0 Å². The van der Waals surface area contributed by atoms with Crippen LogP contribution >= 0.6 is 31.9 Å². The smallest absolute Gasteiger partial charge is 0.0483 e. The average molecular weight is 580 g/mol. The molecule has 0 amide bonds. The van der Waals surface area contributed by atoms with Crippen LogP contribution in [0.4, 0.5) is 0 Å². The summed E-state index contributed by atoms with van der Waals surface area (Å²) in [4.78, 5) is 0. The third-order valence-corrected chi connectivity index (χ3v) is 10.7. The number of hydrogen-bond acceptors (Lipinski definition) is 0. The van der Waals surface area contributed by atoms with Gasteiger partial charge in [-0.3, -0.25) is 0 Å². The first-order valence-electron chi connectivity index (χ1n) is 13.0. The van der Waals surface area contributed by atoms with Crippen molar-refractivity contribution in [1.82, 2.24) is 9.13 Å². The molecule has 4 aromatic rings. The second-order valence-corrected chi connectivity index (χ2v) is 13.1. The van der Waals surface area contributed by atoms with Gasteiger partial charge in [0, 0.05) is 62.7 Å². The summed E-state index contributed by atoms with van der Waals surface area (Å²) in [5.41, 5.74) is 7.95. The van der Waals surface area contributed by atoms with Gasteiger partial charge in [0.05, 0.1) is 0 Å². The van der Waals surface area contributed by atoms with Gasteiger partial charge in [-0.15, -0.1) is 0 Å². The molecular weight excluding hydrogens is 548 g/mol. The molecular formula is C30H32Br2N2. The Hall–Kier alpha value is -1.52. The van der Waals surface area contributed by atoms with Gasteiger partial charge in [-0.1, -0.05) is 57.5 Å². The van der Waals surface area contributed by atoms with Crippen LogP contribution in [-0.4, -0.2) is 9.13 Å². The van der Waals surface area contributed by atoms with Crippen molar-refractivity contribution in [3.05, 3.63) is 68.4 Å². The molecule has 34 heavy (non-hydrogen) atoms. The highest BCUT2D eigenvalue weighted by atomic mass is 79.9. The molecule has 2 heterocycles. The molecule has 0 bridgehead atoms. The Morgan fingerprint density at radius 2 is 1.47 bits per heavy atom. The Bertz CT molecular complexity index is 1430. The summed E-state index contributed by atoms with van der Waals surface area (Å²) >= 11 is 7.60. The number of nitrogens with zero attached hydrogens (tertiary/aromatic N) is 2. The lowest BCUT2D eigenvalue weighted by Gasteiger charge is -2.41. The highest BCUT2D eigenvalue weighted by Crippen LogP contribution is 2.70. The summed E-state index contributed by atoms with van der Waals surface area (Å²) in [5.74, 6) is 1.97. The lowest BCUT2D eigenvalue weighted by atomic mass is 9.62. The van der Waals surface area contributed by atoms with Crippen molar-refractivity contribution >= 4 is 53.7 Å². The van der Waals surface area contributed by atoms with Crippen LogP contribution in [-0.2, 0) is 14.1 Å². The molecule has 2 atom stereocenters. The van der Waals surface area contributed by atoms with Gasteiger partial charge in [0.1, 0.15) is 0 Å². The molecule has 2 nitrogen and oxygen atoms in total. The first-order valence-corrected chi connectivity index (χ1v) is 14.6. The third-order valence-electron chi connectivity index (χ3n) is 9.73. The van der Waals surface area contributed by atoms with E-state index in [9.17, 15) is 0 Å². The van der Waals surface area contributed by atoms with Crippen LogP contribution in [0.2, 0.25) is 0 Å². The minimum absolute atomic E-state index is 0.352. The second-order valence-electron chi connectivity index (χ2n) is 11.3. The molecule has 0 aliphatic heterocycles. The average Bonchev–Trinajstić information content (AvgIpc) is 3.63. The number of rotatable bonds is 2. The maximum absolute atomic E-state index is 3.81. The molecule has 2 aromatic heterocycles. The van der Waals surface area contributed by atoms with Crippen LogP contribution in [0.15, 0.2) is 51.5 Å². The minimum Gasteiger partial charge on any atom is -0.350 e. The fourth-order valence-corrected chi connectivity index (χ4v) is 9.31. The number of benzene rings is 2. The van der Waals surface area contributed by atoms with E-state index >= 15 is 0 Å². The number of aryl methyl sites for hydroxylation is 2. The predicted molar refractivity (Wildman–Crippen MR) is 149 cm³/mol. The molecule has 2 saturated carbocycles. The molecule has 7 rings (SSSR count). The van der Waals surface area contributed by atoms with Crippen molar-refractivity contribution in [1.29, 1.82) is 0 Å². The zero-order chi connectivity index (χ0) is 23.2. The molecule has 0 N–H and O–H groups in total. The summed E-state index contributed by atoms with van der Waals surface area (Å²) in [6, 6.07) is 13.8. The van der Waals surface area contributed by atoms with E-state index < -0.39 is 0 Å². The molecule has 2 fully saturated rings. The number of hydrogen-bond donors (Lipinski definition) is 0. The van der Waals surface area contributed by atoms with E-state index in [2.05, 4.69) is 97.7 Å². The highest BCUT2D eigenvalue weighted by Gasteiger charge is 2.59. The van der Waals surface area contributed by atoms with E-state index in [1.54, 1.807) is 16.8 Å². The van der Waals surface area contributed by atoms with Crippen LogP contribution in [0.25, 0.3) is 21.8 Å². The van der Waals surface area contributed by atoms with Crippen molar-refractivity contribution in [2.24, 2.45) is 25.4 Å². The molecule has 3 aliphatic carbocycles. The molecule has 1 spiro atoms. The Balaban J connectivity index is 1.58. The van der Waals surface area contributed by atoms with Crippen molar-refractivity contribution < 1.29 is 0 Å². The number of fused-ring (bicyclic) bond motifs is 4. The van der Waals surface area contributed by atoms with Crippen molar-refractivity contribution in [3.8, 4) is 0 Å². The number of aromatic nitrogens is 2. The fraction of sp³-hybridized carbons (Fsp3) is 0.467. The second kappa shape index (κ2) is 7.74. The van der Waals surface area contributed by atoms with Crippen LogP contribution in [0, 0.1) is 11.3 Å². The van der Waals surface area contributed by atoms with Gasteiger partial charge >= 0.3 is 0 Å². The summed E-state index contributed by atoms with van der Waals surface area (Å²) in [6.45, 7) is 0. The Morgan fingerprint density at radius 3 is 2.18 bits per heavy atom. The normalized spacial score (nSPS) is 24.2. The summed E-state index contributed by atoms with van der Waals surface area (Å²) in [7, 11) is 4.56. The maximum atomic E-state index is 3.81. The monoisotopic (exact) mass is 578 g/mol. The predicted octanol–water partition coefficient (Wildman–Crippen LogP) is 9.17. The Kier molecular flexibility index (Phi) is 4.95.